The second-order valence-electron chi connectivity index (χ2n) is 5.80. The number of azo groups is 1. The lowest BCUT2D eigenvalue weighted by molar-refractivity contribution is 0.0992. The van der Waals surface area contributed by atoms with Crippen LogP contribution in [0.3, 0.4) is 0 Å². The average molecular weight is 323 g/mol. The zero-order valence-corrected chi connectivity index (χ0v) is 13.3. The summed E-state index contributed by atoms with van der Waals surface area (Å²) >= 11 is 0. The van der Waals surface area contributed by atoms with E-state index in [0.717, 1.165) is 5.56 Å². The number of nitrogens with one attached hydrogen (secondary N) is 1. The molecule has 0 aliphatic heterocycles. The number of carbonyl (C=O) groups excluding carboxylic acids is 1. The Morgan fingerprint density at radius 3 is 2.58 bits per heavy atom. The van der Waals surface area contributed by atoms with Crippen molar-refractivity contribution in [1.29, 1.82) is 0 Å². The lowest BCUT2D eigenvalue weighted by atomic mass is 10.0. The van der Waals surface area contributed by atoms with Crippen molar-refractivity contribution in [2.45, 2.75) is 19.8 Å². The molecule has 122 valence electrons. The number of phenolic OH excluding ortho intramolecular Hbond substituents is 1. The molecule has 24 heavy (non-hydrogen) atoms. The minimum absolute atomic E-state index is 0.0588. The van der Waals surface area contributed by atoms with Crippen LogP contribution in [0.2, 0.25) is 0 Å². The highest BCUT2D eigenvalue weighted by Crippen LogP contribution is 2.37. The van der Waals surface area contributed by atoms with E-state index < -0.39 is 5.91 Å². The zero-order valence-electron chi connectivity index (χ0n) is 13.3. The van der Waals surface area contributed by atoms with E-state index in [0.29, 0.717) is 16.8 Å². The number of hydrogen-bond donors (Lipinski definition) is 3. The highest BCUT2D eigenvalue weighted by molar-refractivity contribution is 5.98. The minimum Gasteiger partial charge on any atom is -0.507 e. The molecule has 6 nitrogen and oxygen atoms in total. The van der Waals surface area contributed by atoms with Gasteiger partial charge in [-0.05, 0) is 35.7 Å². The van der Waals surface area contributed by atoms with Crippen molar-refractivity contribution in [3.63, 3.8) is 0 Å². The van der Waals surface area contributed by atoms with Crippen LogP contribution in [0.1, 0.15) is 35.7 Å². The first kappa shape index (κ1) is 15.7. The van der Waals surface area contributed by atoms with Gasteiger partial charge in [-0.25, -0.2) is 0 Å². The summed E-state index contributed by atoms with van der Waals surface area (Å²) in [6.45, 7) is 4.13. The molecule has 0 bridgehead atoms. The largest absolute Gasteiger partial charge is 0.507 e. The molecule has 1 heterocycles. The van der Waals surface area contributed by atoms with Crippen LogP contribution >= 0.6 is 0 Å². The van der Waals surface area contributed by atoms with E-state index in [1.165, 1.54) is 12.1 Å². The molecule has 0 spiro atoms. The van der Waals surface area contributed by atoms with E-state index >= 15 is 0 Å². The third kappa shape index (κ3) is 2.86. The van der Waals surface area contributed by atoms with Crippen molar-refractivity contribution in [3.05, 3.63) is 53.6 Å². The quantitative estimate of drug-likeness (QED) is 0.613. The van der Waals surface area contributed by atoms with Crippen molar-refractivity contribution < 1.29 is 15.0 Å². The van der Waals surface area contributed by atoms with E-state index in [-0.39, 0.29) is 22.9 Å². The Morgan fingerprint density at radius 2 is 1.88 bits per heavy atom. The number of aromatic amines is 1. The van der Waals surface area contributed by atoms with Gasteiger partial charge in [0.15, 0.2) is 5.69 Å². The minimum atomic E-state index is -0.679. The van der Waals surface area contributed by atoms with Gasteiger partial charge in [0, 0.05) is 5.39 Å². The molecule has 0 saturated heterocycles. The molecule has 1 aromatic heterocycles. The van der Waals surface area contributed by atoms with Crippen LogP contribution < -0.4 is 0 Å². The molecule has 2 aromatic carbocycles. The maximum Gasteiger partial charge on any atom is 0.299 e. The molecule has 0 fully saturated rings. The number of nitrogens with zero attached hydrogens (tertiary/aromatic N) is 2. The number of phenols is 1. The van der Waals surface area contributed by atoms with Crippen LogP contribution in [0, 0.1) is 0 Å². The van der Waals surface area contributed by atoms with Gasteiger partial charge in [-0.3, -0.25) is 4.79 Å². The fraction of sp³-hybridized carbons (Fsp3) is 0.167. The first-order valence-corrected chi connectivity index (χ1v) is 7.56. The van der Waals surface area contributed by atoms with Gasteiger partial charge in [0.2, 0.25) is 5.88 Å². The van der Waals surface area contributed by atoms with Gasteiger partial charge in [0.1, 0.15) is 5.75 Å². The summed E-state index contributed by atoms with van der Waals surface area (Å²) in [5.41, 5.74) is 2.06. The highest BCUT2D eigenvalue weighted by Gasteiger charge is 2.14. The van der Waals surface area contributed by atoms with Crippen LogP contribution in [-0.4, -0.2) is 21.1 Å². The molecular weight excluding hydrogens is 306 g/mol. The summed E-state index contributed by atoms with van der Waals surface area (Å²) in [4.78, 5) is 14.9. The maximum absolute atomic E-state index is 12.1. The van der Waals surface area contributed by atoms with Gasteiger partial charge in [-0.15, -0.1) is 10.2 Å². The molecule has 1 amide bonds. The van der Waals surface area contributed by atoms with Crippen LogP contribution in [-0.2, 0) is 0 Å². The molecule has 0 saturated carbocycles. The van der Waals surface area contributed by atoms with E-state index in [2.05, 4.69) is 29.1 Å². The first-order valence-electron chi connectivity index (χ1n) is 7.56. The van der Waals surface area contributed by atoms with Crippen molar-refractivity contribution >= 4 is 22.5 Å². The molecule has 0 aliphatic carbocycles. The smallest absolute Gasteiger partial charge is 0.299 e. The first-order chi connectivity index (χ1) is 11.5. The summed E-state index contributed by atoms with van der Waals surface area (Å²) in [5, 5.41) is 27.9. The fourth-order valence-corrected chi connectivity index (χ4v) is 2.45. The molecule has 0 atom stereocenters. The average Bonchev–Trinajstić information content (AvgIpc) is 2.87. The van der Waals surface area contributed by atoms with E-state index in [1.54, 1.807) is 12.1 Å². The predicted molar refractivity (Wildman–Crippen MR) is 91.0 cm³/mol. The van der Waals surface area contributed by atoms with Crippen LogP contribution in [0.15, 0.2) is 52.7 Å². The summed E-state index contributed by atoms with van der Waals surface area (Å²) in [5.74, 6) is -0.674. The second-order valence-corrected chi connectivity index (χ2v) is 5.80. The van der Waals surface area contributed by atoms with Crippen molar-refractivity contribution in [2.75, 3.05) is 0 Å². The molecule has 3 N–H and O–H groups in total. The second kappa shape index (κ2) is 6.16. The Balaban J connectivity index is 2.00. The number of H-pyrrole nitrogens is 1. The molecule has 0 unspecified atom stereocenters. The van der Waals surface area contributed by atoms with Crippen LogP contribution in [0.5, 0.6) is 11.6 Å². The van der Waals surface area contributed by atoms with Gasteiger partial charge in [-0.1, -0.05) is 32.0 Å². The lowest BCUT2D eigenvalue weighted by Crippen LogP contribution is -1.93. The Labute approximate surface area is 138 Å². The van der Waals surface area contributed by atoms with Gasteiger partial charge in [0.05, 0.1) is 11.1 Å². The molecule has 3 rings (SSSR count). The fourth-order valence-electron chi connectivity index (χ4n) is 2.45. The van der Waals surface area contributed by atoms with Crippen molar-refractivity contribution in [2.24, 2.45) is 10.2 Å². The molecule has 3 aromatic rings. The Morgan fingerprint density at radius 1 is 1.12 bits per heavy atom. The van der Waals surface area contributed by atoms with Gasteiger partial charge in [0.25, 0.3) is 5.91 Å². The summed E-state index contributed by atoms with van der Waals surface area (Å²) < 4.78 is 0. The van der Waals surface area contributed by atoms with Crippen molar-refractivity contribution in [3.8, 4) is 11.6 Å². The van der Waals surface area contributed by atoms with Crippen molar-refractivity contribution in [1.82, 2.24) is 4.98 Å². The lowest BCUT2D eigenvalue weighted by Gasteiger charge is -2.04. The number of rotatable bonds is 3. The summed E-state index contributed by atoms with van der Waals surface area (Å²) in [7, 11) is 0. The molecule has 0 aliphatic rings. The monoisotopic (exact) mass is 323 g/mol. The molecule has 0 radical (unpaired) electrons. The van der Waals surface area contributed by atoms with E-state index in [4.69, 9.17) is 0 Å². The highest BCUT2D eigenvalue weighted by atomic mass is 16.3. The van der Waals surface area contributed by atoms with Crippen LogP contribution in [0.25, 0.3) is 10.9 Å². The third-order valence-corrected chi connectivity index (χ3v) is 3.82. The van der Waals surface area contributed by atoms with Gasteiger partial charge in [-0.2, -0.15) is 0 Å². The Bertz CT molecular complexity index is 942. The van der Waals surface area contributed by atoms with Gasteiger partial charge >= 0.3 is 0 Å². The van der Waals surface area contributed by atoms with Crippen LogP contribution in [0.4, 0.5) is 5.69 Å². The standard InChI is InChI=1S/C18H17N3O3/c1-10(2)11-7-8-14-13(9-11)16(18(24)19-14)20-21-17(23)12-5-3-4-6-15(12)22/h3-10,19,22,24H,1-2H3. The zero-order chi connectivity index (χ0) is 17.3. The number of benzene rings is 2. The molecular formula is C18H17N3O3. The SMILES string of the molecule is CC(C)c1ccc2[nH]c(O)c(N=NC(=O)c3ccccc3O)c2c1. The number of fused-ring (bicyclic) bond motifs is 1. The van der Waals surface area contributed by atoms with E-state index in [9.17, 15) is 15.0 Å². The van der Waals surface area contributed by atoms with Gasteiger partial charge < -0.3 is 15.2 Å². The Hall–Kier alpha value is -3.15. The number of aromatic hydroxyl groups is 2. The number of para-hydroxylation sites is 1. The number of carbonyl (C=O) groups is 1. The topological polar surface area (TPSA) is 98.0 Å². The number of amides is 1. The number of hydrogen-bond acceptors (Lipinski definition) is 4. The Kier molecular flexibility index (Phi) is 4.04. The predicted octanol–water partition coefficient (Wildman–Crippen LogP) is 4.63. The normalized spacial score (nSPS) is 11.6. The molecule has 6 heteroatoms. The van der Waals surface area contributed by atoms with E-state index in [1.807, 2.05) is 18.2 Å². The summed E-state index contributed by atoms with van der Waals surface area (Å²) in [6, 6.07) is 11.8. The third-order valence-electron chi connectivity index (χ3n) is 3.82. The summed E-state index contributed by atoms with van der Waals surface area (Å²) in [6.07, 6.45) is 0. The maximum atomic E-state index is 12.1. The number of aromatic nitrogens is 1.